The van der Waals surface area contributed by atoms with Crippen LogP contribution in [0.25, 0.3) is 0 Å². The van der Waals surface area contributed by atoms with Crippen molar-refractivity contribution in [3.8, 4) is 0 Å². The Bertz CT molecular complexity index is 570. The van der Waals surface area contributed by atoms with Gasteiger partial charge in [-0.3, -0.25) is 0 Å². The van der Waals surface area contributed by atoms with Crippen molar-refractivity contribution in [1.82, 2.24) is 0 Å². The van der Waals surface area contributed by atoms with Crippen LogP contribution in [0.2, 0.25) is 0 Å². The second-order valence-corrected chi connectivity index (χ2v) is 12.7. The lowest BCUT2D eigenvalue weighted by Gasteiger charge is -2.09. The van der Waals surface area contributed by atoms with Gasteiger partial charge in [-0.25, -0.2) is 0 Å². The fourth-order valence-electron chi connectivity index (χ4n) is 4.96. The molecule has 0 saturated heterocycles. The number of unbranched alkanes of at least 4 members (excludes halogenated alkanes) is 15. The van der Waals surface area contributed by atoms with E-state index in [9.17, 15) is 0 Å². The molecule has 0 aromatic heterocycles. The Morgan fingerprint density at radius 3 is 0.694 bits per heavy atom. The lowest BCUT2D eigenvalue weighted by molar-refractivity contribution is -0.0279. The van der Waals surface area contributed by atoms with Crippen LogP contribution in [-0.2, 0) is 47.4 Å². The van der Waals surface area contributed by atoms with Gasteiger partial charge in [0.25, 0.3) is 0 Å². The molecule has 0 unspecified atom stereocenters. The zero-order valence-corrected chi connectivity index (χ0v) is 32.4. The van der Waals surface area contributed by atoms with Crippen LogP contribution in [0, 0.1) is 0 Å². The van der Waals surface area contributed by atoms with Crippen LogP contribution in [-0.4, -0.2) is 132 Å². The van der Waals surface area contributed by atoms with Crippen LogP contribution >= 0.6 is 0 Å². The van der Waals surface area contributed by atoms with E-state index in [-0.39, 0.29) is 6.10 Å². The average Bonchev–Trinajstić information content (AvgIpc) is 3.10. The van der Waals surface area contributed by atoms with Gasteiger partial charge in [-0.2, -0.15) is 0 Å². The number of rotatable bonds is 45. The molecule has 0 amide bonds. The first kappa shape index (κ1) is 48.6. The van der Waals surface area contributed by atoms with Crippen LogP contribution in [0.5, 0.6) is 0 Å². The quantitative estimate of drug-likeness (QED) is 0.0583. The lowest BCUT2D eigenvalue weighted by atomic mass is 10.0. The Morgan fingerprint density at radius 2 is 0.449 bits per heavy atom. The van der Waals surface area contributed by atoms with Gasteiger partial charge in [-0.1, -0.05) is 103 Å². The number of hydrogen-bond acceptors (Lipinski definition) is 10. The molecule has 0 radical (unpaired) electrons. The summed E-state index contributed by atoms with van der Waals surface area (Å²) in [5, 5.41) is 0. The second kappa shape index (κ2) is 45.6. The highest BCUT2D eigenvalue weighted by Gasteiger charge is 1.98. The lowest BCUT2D eigenvalue weighted by Crippen LogP contribution is -2.15. The largest absolute Gasteiger partial charge is 0.379 e. The van der Waals surface area contributed by atoms with Crippen molar-refractivity contribution in [3.05, 3.63) is 0 Å². The van der Waals surface area contributed by atoms with Gasteiger partial charge in [0.15, 0.2) is 0 Å². The molecular weight excluding hydrogens is 628 g/mol. The Labute approximate surface area is 302 Å². The molecule has 0 saturated carbocycles. The van der Waals surface area contributed by atoms with E-state index in [1.165, 1.54) is 96.3 Å². The fourth-order valence-corrected chi connectivity index (χ4v) is 4.96. The maximum Gasteiger partial charge on any atom is 0.0703 e. The van der Waals surface area contributed by atoms with Gasteiger partial charge in [-0.05, 0) is 20.3 Å². The average molecular weight is 709 g/mol. The molecule has 0 fully saturated rings. The molecule has 0 N–H and O–H groups in total. The molecule has 0 aliphatic carbocycles. The highest BCUT2D eigenvalue weighted by molar-refractivity contribution is 4.50. The van der Waals surface area contributed by atoms with Crippen LogP contribution in [0.3, 0.4) is 0 Å². The first-order valence-corrected chi connectivity index (χ1v) is 20.1. The third kappa shape index (κ3) is 47.6. The summed E-state index contributed by atoms with van der Waals surface area (Å²) in [6.45, 7) is 17.3. The molecule has 0 aromatic carbocycles. The Kier molecular flexibility index (Phi) is 45.2. The zero-order valence-electron chi connectivity index (χ0n) is 32.4. The topological polar surface area (TPSA) is 92.3 Å². The van der Waals surface area contributed by atoms with Gasteiger partial charge in [-0.15, -0.1) is 0 Å². The Hall–Kier alpha value is -0.400. The van der Waals surface area contributed by atoms with Crippen LogP contribution in [0.4, 0.5) is 0 Å². The predicted molar refractivity (Wildman–Crippen MR) is 198 cm³/mol. The van der Waals surface area contributed by atoms with E-state index >= 15 is 0 Å². The number of hydrogen-bond donors (Lipinski definition) is 0. The third-order valence-corrected chi connectivity index (χ3v) is 7.80. The van der Waals surface area contributed by atoms with E-state index in [4.69, 9.17) is 47.4 Å². The Balaban J connectivity index is 3.04. The van der Waals surface area contributed by atoms with Gasteiger partial charge >= 0.3 is 0 Å². The molecule has 296 valence electrons. The molecule has 0 aliphatic rings. The molecular formula is C39H80O10. The monoisotopic (exact) mass is 709 g/mol. The minimum Gasteiger partial charge on any atom is -0.379 e. The molecule has 0 spiro atoms. The highest BCUT2D eigenvalue weighted by Crippen LogP contribution is 2.13. The van der Waals surface area contributed by atoms with E-state index in [1.807, 2.05) is 13.8 Å². The molecule has 10 nitrogen and oxygen atoms in total. The van der Waals surface area contributed by atoms with Crippen LogP contribution < -0.4 is 0 Å². The molecule has 49 heavy (non-hydrogen) atoms. The SMILES string of the molecule is CCCCCCCCCCCCCCCCCCOCCOCCOCCOCCOCCOCCOCCOCCOCCOC(C)C. The minimum absolute atomic E-state index is 0.237. The fraction of sp³-hybridized carbons (Fsp3) is 1.00. The molecule has 0 aliphatic heterocycles. The van der Waals surface area contributed by atoms with Crippen molar-refractivity contribution in [3.63, 3.8) is 0 Å². The van der Waals surface area contributed by atoms with Crippen molar-refractivity contribution in [1.29, 1.82) is 0 Å². The first-order valence-electron chi connectivity index (χ1n) is 20.1. The third-order valence-electron chi connectivity index (χ3n) is 7.80. The standard InChI is InChI=1S/C39H80O10/c1-4-5-6-7-8-9-10-11-12-13-14-15-16-17-18-19-20-40-21-22-41-23-24-42-25-26-43-27-28-44-29-30-45-31-32-46-33-34-47-35-36-48-37-38-49-39(2)3/h39H,4-38H2,1-3H3. The summed E-state index contributed by atoms with van der Waals surface area (Å²) >= 11 is 0. The number of ether oxygens (including phenoxy) is 10. The molecule has 0 atom stereocenters. The Morgan fingerprint density at radius 1 is 0.245 bits per heavy atom. The van der Waals surface area contributed by atoms with Crippen molar-refractivity contribution in [2.75, 3.05) is 126 Å². The highest BCUT2D eigenvalue weighted by atomic mass is 16.6. The summed E-state index contributed by atoms with van der Waals surface area (Å²) in [5.41, 5.74) is 0. The van der Waals surface area contributed by atoms with Gasteiger partial charge in [0, 0.05) is 6.61 Å². The van der Waals surface area contributed by atoms with Gasteiger partial charge < -0.3 is 47.4 Å². The van der Waals surface area contributed by atoms with E-state index in [1.54, 1.807) is 0 Å². The summed E-state index contributed by atoms with van der Waals surface area (Å²) in [4.78, 5) is 0. The molecule has 0 bridgehead atoms. The molecule has 0 heterocycles. The van der Waals surface area contributed by atoms with Gasteiger partial charge in [0.1, 0.15) is 0 Å². The summed E-state index contributed by atoms with van der Waals surface area (Å²) in [7, 11) is 0. The predicted octanol–water partition coefficient (Wildman–Crippen LogP) is 7.82. The van der Waals surface area contributed by atoms with Crippen LogP contribution in [0.15, 0.2) is 0 Å². The molecule has 10 heteroatoms. The van der Waals surface area contributed by atoms with E-state index in [2.05, 4.69) is 6.92 Å². The maximum absolute atomic E-state index is 5.69. The van der Waals surface area contributed by atoms with Crippen LogP contribution in [0.1, 0.15) is 124 Å². The smallest absolute Gasteiger partial charge is 0.0703 e. The summed E-state index contributed by atoms with van der Waals surface area (Å²) < 4.78 is 55.1. The summed E-state index contributed by atoms with van der Waals surface area (Å²) in [6, 6.07) is 0. The minimum atomic E-state index is 0.237. The van der Waals surface area contributed by atoms with E-state index in [0.29, 0.717) is 119 Å². The maximum atomic E-state index is 5.69. The van der Waals surface area contributed by atoms with E-state index < -0.39 is 0 Å². The molecule has 0 aromatic rings. The van der Waals surface area contributed by atoms with Crippen molar-refractivity contribution >= 4 is 0 Å². The van der Waals surface area contributed by atoms with Crippen molar-refractivity contribution < 1.29 is 47.4 Å². The van der Waals surface area contributed by atoms with Gasteiger partial charge in [0.2, 0.25) is 0 Å². The van der Waals surface area contributed by atoms with E-state index in [0.717, 1.165) is 13.0 Å². The first-order chi connectivity index (χ1) is 24.3. The normalized spacial score (nSPS) is 11.8. The van der Waals surface area contributed by atoms with Crippen molar-refractivity contribution in [2.24, 2.45) is 0 Å². The zero-order chi connectivity index (χ0) is 35.4. The van der Waals surface area contributed by atoms with Gasteiger partial charge in [0.05, 0.1) is 125 Å². The van der Waals surface area contributed by atoms with Crippen molar-refractivity contribution in [2.45, 2.75) is 130 Å². The second-order valence-electron chi connectivity index (χ2n) is 12.7. The summed E-state index contributed by atoms with van der Waals surface area (Å²) in [6.07, 6.45) is 22.5. The molecule has 0 rings (SSSR count). The summed E-state index contributed by atoms with van der Waals surface area (Å²) in [5.74, 6) is 0.